The third-order valence-electron chi connectivity index (χ3n) is 1.68. The summed E-state index contributed by atoms with van der Waals surface area (Å²) in [7, 11) is 0. The molecule has 0 amide bonds. The van der Waals surface area contributed by atoms with Gasteiger partial charge in [0.2, 0.25) is 0 Å². The topological polar surface area (TPSA) is 24.9 Å². The van der Waals surface area contributed by atoms with Gasteiger partial charge in [-0.25, -0.2) is 4.98 Å². The Morgan fingerprint density at radius 1 is 1.69 bits per heavy atom. The molecule has 74 valence electrons. The molecule has 1 aromatic rings. The number of aryl methyl sites for hydroxylation is 1. The van der Waals surface area contributed by atoms with E-state index in [4.69, 9.17) is 0 Å². The van der Waals surface area contributed by atoms with Crippen LogP contribution in [0.15, 0.2) is 5.38 Å². The summed E-state index contributed by atoms with van der Waals surface area (Å²) in [4.78, 5) is 4.39. The first-order valence-corrected chi connectivity index (χ1v) is 6.63. The fourth-order valence-electron chi connectivity index (χ4n) is 1.05. The molecular weight excluding hydrogens is 200 g/mol. The first-order chi connectivity index (χ1) is 6.22. The average molecular weight is 216 g/mol. The van der Waals surface area contributed by atoms with Crippen LogP contribution >= 0.6 is 23.1 Å². The maximum atomic E-state index is 4.39. The summed E-state index contributed by atoms with van der Waals surface area (Å²) in [6, 6.07) is 0.569. The number of hydrogen-bond donors (Lipinski definition) is 1. The molecule has 0 radical (unpaired) electrons. The van der Waals surface area contributed by atoms with E-state index in [0.717, 1.165) is 18.0 Å². The Bertz CT molecular complexity index is 248. The van der Waals surface area contributed by atoms with Crippen LogP contribution in [-0.2, 0) is 6.54 Å². The first-order valence-electron chi connectivity index (χ1n) is 4.35. The van der Waals surface area contributed by atoms with Crippen LogP contribution in [0.3, 0.4) is 0 Å². The zero-order chi connectivity index (χ0) is 9.68. The van der Waals surface area contributed by atoms with Gasteiger partial charge in [0.25, 0.3) is 0 Å². The normalized spacial score (nSPS) is 13.2. The van der Waals surface area contributed by atoms with Crippen LogP contribution in [0.1, 0.15) is 17.6 Å². The van der Waals surface area contributed by atoms with Gasteiger partial charge in [-0.05, 0) is 20.1 Å². The smallest absolute Gasteiger partial charge is 0.107 e. The molecule has 0 fully saturated rings. The number of aromatic nitrogens is 1. The van der Waals surface area contributed by atoms with E-state index in [2.05, 4.69) is 28.9 Å². The molecule has 2 nitrogen and oxygen atoms in total. The van der Waals surface area contributed by atoms with Crippen molar-refractivity contribution >= 4 is 23.1 Å². The minimum atomic E-state index is 0.569. The average Bonchev–Trinajstić information content (AvgIpc) is 2.49. The maximum absolute atomic E-state index is 4.39. The van der Waals surface area contributed by atoms with Gasteiger partial charge in [-0.3, -0.25) is 0 Å². The van der Waals surface area contributed by atoms with Crippen molar-refractivity contribution in [3.8, 4) is 0 Å². The summed E-state index contributed by atoms with van der Waals surface area (Å²) in [5.74, 6) is 1.16. The monoisotopic (exact) mass is 216 g/mol. The molecule has 0 aromatic carbocycles. The van der Waals surface area contributed by atoms with Crippen molar-refractivity contribution in [2.75, 3.05) is 12.0 Å². The highest BCUT2D eigenvalue weighted by Crippen LogP contribution is 2.08. The molecule has 0 saturated heterocycles. The van der Waals surface area contributed by atoms with Gasteiger partial charge in [-0.2, -0.15) is 11.8 Å². The van der Waals surface area contributed by atoms with E-state index in [9.17, 15) is 0 Å². The Hall–Kier alpha value is -0.0600. The highest BCUT2D eigenvalue weighted by molar-refractivity contribution is 7.98. The van der Waals surface area contributed by atoms with Crippen molar-refractivity contribution in [2.45, 2.75) is 26.4 Å². The van der Waals surface area contributed by atoms with E-state index >= 15 is 0 Å². The molecule has 4 heteroatoms. The quantitative estimate of drug-likeness (QED) is 0.817. The number of nitrogens with one attached hydrogen (secondary N) is 1. The third-order valence-corrected chi connectivity index (χ3v) is 3.48. The second kappa shape index (κ2) is 5.62. The van der Waals surface area contributed by atoms with Crippen molar-refractivity contribution in [3.63, 3.8) is 0 Å². The molecule has 1 heterocycles. The molecule has 0 aliphatic rings. The zero-order valence-corrected chi connectivity index (χ0v) is 9.97. The van der Waals surface area contributed by atoms with E-state index in [1.165, 1.54) is 5.01 Å². The van der Waals surface area contributed by atoms with Crippen molar-refractivity contribution in [1.29, 1.82) is 0 Å². The van der Waals surface area contributed by atoms with E-state index < -0.39 is 0 Å². The van der Waals surface area contributed by atoms with E-state index in [1.54, 1.807) is 11.3 Å². The molecule has 13 heavy (non-hydrogen) atoms. The van der Waals surface area contributed by atoms with Gasteiger partial charge in [0.1, 0.15) is 5.01 Å². The van der Waals surface area contributed by atoms with Crippen LogP contribution < -0.4 is 5.32 Å². The number of nitrogens with zero attached hydrogens (tertiary/aromatic N) is 1. The van der Waals surface area contributed by atoms with Crippen molar-refractivity contribution in [3.05, 3.63) is 16.1 Å². The van der Waals surface area contributed by atoms with Crippen LogP contribution in [0.2, 0.25) is 0 Å². The van der Waals surface area contributed by atoms with Gasteiger partial charge < -0.3 is 5.32 Å². The Morgan fingerprint density at radius 2 is 2.46 bits per heavy atom. The summed E-state index contributed by atoms with van der Waals surface area (Å²) < 4.78 is 0. The standard InChI is InChI=1S/C9H16N2S2/c1-7(5-12-3)10-4-9-11-8(2)6-13-9/h6-7,10H,4-5H2,1-3H3. The summed E-state index contributed by atoms with van der Waals surface area (Å²) in [5.41, 5.74) is 1.12. The van der Waals surface area contributed by atoms with Gasteiger partial charge in [0, 0.05) is 29.4 Å². The minimum Gasteiger partial charge on any atom is -0.307 e. The molecule has 0 aliphatic heterocycles. The highest BCUT2D eigenvalue weighted by Gasteiger charge is 2.02. The lowest BCUT2D eigenvalue weighted by Crippen LogP contribution is -2.27. The summed E-state index contributed by atoms with van der Waals surface area (Å²) in [5, 5.41) is 6.72. The molecule has 1 atom stereocenters. The van der Waals surface area contributed by atoms with Gasteiger partial charge in [-0.1, -0.05) is 0 Å². The fourth-order valence-corrected chi connectivity index (χ4v) is 2.39. The van der Waals surface area contributed by atoms with E-state index in [1.807, 2.05) is 18.7 Å². The fraction of sp³-hybridized carbons (Fsp3) is 0.667. The van der Waals surface area contributed by atoms with Crippen LogP contribution in [0.5, 0.6) is 0 Å². The lowest BCUT2D eigenvalue weighted by atomic mass is 10.4. The lowest BCUT2D eigenvalue weighted by molar-refractivity contribution is 0.594. The zero-order valence-electron chi connectivity index (χ0n) is 8.33. The molecule has 0 saturated carbocycles. The Morgan fingerprint density at radius 3 is 3.00 bits per heavy atom. The highest BCUT2D eigenvalue weighted by atomic mass is 32.2. The molecule has 1 rings (SSSR count). The Kier molecular flexibility index (Phi) is 4.77. The second-order valence-electron chi connectivity index (χ2n) is 3.12. The number of rotatable bonds is 5. The minimum absolute atomic E-state index is 0.569. The second-order valence-corrected chi connectivity index (χ2v) is 4.97. The van der Waals surface area contributed by atoms with Crippen LogP contribution in [0, 0.1) is 6.92 Å². The Balaban J connectivity index is 2.26. The summed E-state index contributed by atoms with van der Waals surface area (Å²) in [6.07, 6.45) is 2.13. The predicted octanol–water partition coefficient (Wildman–Crippen LogP) is 2.29. The summed E-state index contributed by atoms with van der Waals surface area (Å²) >= 11 is 3.60. The first kappa shape index (κ1) is 11.0. The molecule has 1 unspecified atom stereocenters. The predicted molar refractivity (Wildman–Crippen MR) is 61.5 cm³/mol. The van der Waals surface area contributed by atoms with Crippen molar-refractivity contribution < 1.29 is 0 Å². The van der Waals surface area contributed by atoms with E-state index in [0.29, 0.717) is 6.04 Å². The number of thiazole rings is 1. The van der Waals surface area contributed by atoms with E-state index in [-0.39, 0.29) is 0 Å². The van der Waals surface area contributed by atoms with Crippen molar-refractivity contribution in [2.24, 2.45) is 0 Å². The number of thioether (sulfide) groups is 1. The van der Waals surface area contributed by atoms with Crippen LogP contribution in [0.25, 0.3) is 0 Å². The van der Waals surface area contributed by atoms with Crippen molar-refractivity contribution in [1.82, 2.24) is 10.3 Å². The van der Waals surface area contributed by atoms with Gasteiger partial charge in [-0.15, -0.1) is 11.3 Å². The van der Waals surface area contributed by atoms with Crippen LogP contribution in [-0.4, -0.2) is 23.0 Å². The lowest BCUT2D eigenvalue weighted by Gasteiger charge is -2.10. The SMILES string of the molecule is CSCC(C)NCc1nc(C)cs1. The molecular formula is C9H16N2S2. The molecule has 0 aliphatic carbocycles. The Labute approximate surface area is 88.2 Å². The van der Waals surface area contributed by atoms with Gasteiger partial charge in [0.15, 0.2) is 0 Å². The molecule has 1 aromatic heterocycles. The third kappa shape index (κ3) is 4.11. The molecule has 0 spiro atoms. The maximum Gasteiger partial charge on any atom is 0.107 e. The van der Waals surface area contributed by atoms with Gasteiger partial charge in [0.05, 0.1) is 0 Å². The number of hydrogen-bond acceptors (Lipinski definition) is 4. The largest absolute Gasteiger partial charge is 0.307 e. The summed E-state index contributed by atoms with van der Waals surface area (Å²) in [6.45, 7) is 5.14. The molecule has 0 bridgehead atoms. The molecule has 1 N–H and O–H groups in total. The van der Waals surface area contributed by atoms with Gasteiger partial charge >= 0.3 is 0 Å². The van der Waals surface area contributed by atoms with Crippen LogP contribution in [0.4, 0.5) is 0 Å².